The van der Waals surface area contributed by atoms with E-state index in [9.17, 15) is 4.79 Å². The molecule has 27 heavy (non-hydrogen) atoms. The molecule has 1 fully saturated rings. The van der Waals surface area contributed by atoms with Gasteiger partial charge in [-0.05, 0) is 38.0 Å². The normalized spacial score (nSPS) is 15.3. The quantitative estimate of drug-likeness (QED) is 0.704. The van der Waals surface area contributed by atoms with E-state index in [1.807, 2.05) is 47.9 Å². The summed E-state index contributed by atoms with van der Waals surface area (Å²) in [6, 6.07) is 7.46. The van der Waals surface area contributed by atoms with Gasteiger partial charge in [-0.3, -0.25) is 9.48 Å². The minimum Gasteiger partial charge on any atom is -0.337 e. The third kappa shape index (κ3) is 3.60. The number of amides is 1. The lowest BCUT2D eigenvalue weighted by atomic mass is 9.95. The van der Waals surface area contributed by atoms with Gasteiger partial charge in [0, 0.05) is 44.1 Å². The molecule has 0 radical (unpaired) electrons. The number of carbonyl (C=O) groups excluding carboxylic acids is 1. The van der Waals surface area contributed by atoms with E-state index in [2.05, 4.69) is 24.8 Å². The van der Waals surface area contributed by atoms with Gasteiger partial charge in [0.2, 0.25) is 0 Å². The summed E-state index contributed by atoms with van der Waals surface area (Å²) in [4.78, 5) is 18.9. The number of nitrogens with zero attached hydrogens (tertiary/aromatic N) is 7. The first-order valence-corrected chi connectivity index (χ1v) is 9.20. The van der Waals surface area contributed by atoms with Crippen LogP contribution in [0.2, 0.25) is 0 Å². The van der Waals surface area contributed by atoms with E-state index in [0.29, 0.717) is 31.2 Å². The van der Waals surface area contributed by atoms with Gasteiger partial charge in [-0.15, -0.1) is 10.2 Å². The molecule has 8 nitrogen and oxygen atoms in total. The van der Waals surface area contributed by atoms with Gasteiger partial charge in [0.15, 0.2) is 5.82 Å². The summed E-state index contributed by atoms with van der Waals surface area (Å²) in [6.07, 6.45) is 5.43. The predicted octanol–water partition coefficient (Wildman–Crippen LogP) is 1.78. The monoisotopic (exact) mass is 365 g/mol. The number of likely N-dealkylation sites (tertiary alicyclic amines) is 1. The topological polar surface area (TPSA) is 81.7 Å². The minimum atomic E-state index is 0.00878. The van der Waals surface area contributed by atoms with E-state index >= 15 is 0 Å². The summed E-state index contributed by atoms with van der Waals surface area (Å²) in [5.41, 5.74) is 1.38. The van der Waals surface area contributed by atoms with E-state index in [0.717, 1.165) is 30.2 Å². The molecule has 1 amide bonds. The van der Waals surface area contributed by atoms with Crippen molar-refractivity contribution in [2.75, 3.05) is 13.1 Å². The molecular formula is C19H23N7O. The molecule has 0 spiro atoms. The Hall–Kier alpha value is -3.03. The van der Waals surface area contributed by atoms with Crippen LogP contribution >= 0.6 is 0 Å². The molecule has 0 aromatic carbocycles. The highest BCUT2D eigenvalue weighted by Gasteiger charge is 2.28. The first kappa shape index (κ1) is 17.4. The zero-order chi connectivity index (χ0) is 18.8. The zero-order valence-electron chi connectivity index (χ0n) is 15.6. The lowest BCUT2D eigenvalue weighted by Gasteiger charge is -2.31. The van der Waals surface area contributed by atoms with Crippen LogP contribution in [0.1, 0.15) is 46.6 Å². The number of aromatic nitrogens is 6. The molecule has 0 atom stereocenters. The Kier molecular flexibility index (Phi) is 4.70. The predicted molar refractivity (Wildman–Crippen MR) is 99.2 cm³/mol. The van der Waals surface area contributed by atoms with Crippen LogP contribution in [0.4, 0.5) is 0 Å². The third-order valence-electron chi connectivity index (χ3n) is 5.12. The molecule has 1 saturated heterocycles. The molecule has 0 saturated carbocycles. The number of rotatable bonds is 4. The van der Waals surface area contributed by atoms with Crippen molar-refractivity contribution in [3.8, 4) is 0 Å². The van der Waals surface area contributed by atoms with Gasteiger partial charge in [0.25, 0.3) is 5.91 Å². The van der Waals surface area contributed by atoms with Gasteiger partial charge in [-0.25, -0.2) is 4.98 Å². The number of aryl methyl sites for hydroxylation is 1. The van der Waals surface area contributed by atoms with Crippen molar-refractivity contribution in [1.82, 2.24) is 34.4 Å². The standard InChI is InChI=1S/C19H23N7O/c1-14-5-3-6-16(21-14)19(27)25-11-7-15(8-12-25)18-23-22-17(24(18)2)13-26-10-4-9-20-26/h3-6,9-10,15H,7-8,11-13H2,1-2H3. The fourth-order valence-electron chi connectivity index (χ4n) is 3.57. The Morgan fingerprint density at radius 2 is 2.00 bits per heavy atom. The Bertz CT molecular complexity index is 923. The third-order valence-corrected chi connectivity index (χ3v) is 5.12. The van der Waals surface area contributed by atoms with Gasteiger partial charge >= 0.3 is 0 Å². The van der Waals surface area contributed by atoms with Crippen molar-refractivity contribution in [2.45, 2.75) is 32.2 Å². The van der Waals surface area contributed by atoms with E-state index in [-0.39, 0.29) is 5.91 Å². The molecule has 1 aliphatic rings. The van der Waals surface area contributed by atoms with Crippen molar-refractivity contribution < 1.29 is 4.79 Å². The molecule has 4 heterocycles. The Morgan fingerprint density at radius 3 is 2.70 bits per heavy atom. The number of pyridine rings is 1. The Morgan fingerprint density at radius 1 is 1.19 bits per heavy atom. The molecule has 140 valence electrons. The maximum absolute atomic E-state index is 12.7. The fraction of sp³-hybridized carbons (Fsp3) is 0.421. The molecule has 4 rings (SSSR count). The highest BCUT2D eigenvalue weighted by atomic mass is 16.2. The van der Waals surface area contributed by atoms with E-state index < -0.39 is 0 Å². The average molecular weight is 365 g/mol. The molecule has 0 aliphatic carbocycles. The zero-order valence-corrected chi connectivity index (χ0v) is 15.6. The van der Waals surface area contributed by atoms with Crippen LogP contribution in [-0.2, 0) is 13.6 Å². The van der Waals surface area contributed by atoms with Crippen molar-refractivity contribution in [3.05, 3.63) is 59.7 Å². The maximum Gasteiger partial charge on any atom is 0.272 e. The fourth-order valence-corrected chi connectivity index (χ4v) is 3.57. The van der Waals surface area contributed by atoms with Crippen molar-refractivity contribution in [3.63, 3.8) is 0 Å². The summed E-state index contributed by atoms with van der Waals surface area (Å²) >= 11 is 0. The number of piperidine rings is 1. The molecule has 3 aromatic rings. The van der Waals surface area contributed by atoms with E-state index in [4.69, 9.17) is 0 Å². The van der Waals surface area contributed by atoms with Gasteiger partial charge in [0.1, 0.15) is 18.1 Å². The molecule has 3 aromatic heterocycles. The number of hydrogen-bond donors (Lipinski definition) is 0. The second-order valence-electron chi connectivity index (χ2n) is 6.97. The molecule has 1 aliphatic heterocycles. The SMILES string of the molecule is Cc1cccc(C(=O)N2CCC(c3nnc(Cn4cccn4)n3C)CC2)n1. The highest BCUT2D eigenvalue weighted by Crippen LogP contribution is 2.27. The second-order valence-corrected chi connectivity index (χ2v) is 6.97. The van der Waals surface area contributed by atoms with Crippen LogP contribution < -0.4 is 0 Å². The van der Waals surface area contributed by atoms with Crippen LogP contribution in [0, 0.1) is 6.92 Å². The van der Waals surface area contributed by atoms with Crippen LogP contribution in [0.15, 0.2) is 36.7 Å². The second kappa shape index (κ2) is 7.30. The van der Waals surface area contributed by atoms with Gasteiger partial charge in [-0.1, -0.05) is 6.07 Å². The van der Waals surface area contributed by atoms with Crippen molar-refractivity contribution in [2.24, 2.45) is 7.05 Å². The van der Waals surface area contributed by atoms with E-state index in [1.54, 1.807) is 12.3 Å². The number of carbonyl (C=O) groups is 1. The van der Waals surface area contributed by atoms with Gasteiger partial charge in [0.05, 0.1) is 0 Å². The van der Waals surface area contributed by atoms with Crippen molar-refractivity contribution >= 4 is 5.91 Å². The first-order valence-electron chi connectivity index (χ1n) is 9.20. The summed E-state index contributed by atoms with van der Waals surface area (Å²) in [7, 11) is 2.00. The molecule has 0 N–H and O–H groups in total. The number of hydrogen-bond acceptors (Lipinski definition) is 5. The van der Waals surface area contributed by atoms with Crippen molar-refractivity contribution in [1.29, 1.82) is 0 Å². The molecule has 0 bridgehead atoms. The lowest BCUT2D eigenvalue weighted by molar-refractivity contribution is 0.0704. The Balaban J connectivity index is 1.41. The van der Waals surface area contributed by atoms with Crippen LogP contribution in [0.5, 0.6) is 0 Å². The van der Waals surface area contributed by atoms with Crippen LogP contribution in [0.3, 0.4) is 0 Å². The van der Waals surface area contributed by atoms with Crippen LogP contribution in [-0.4, -0.2) is 53.4 Å². The minimum absolute atomic E-state index is 0.00878. The van der Waals surface area contributed by atoms with E-state index in [1.165, 1.54) is 0 Å². The average Bonchev–Trinajstić information content (AvgIpc) is 3.32. The first-order chi connectivity index (χ1) is 13.1. The van der Waals surface area contributed by atoms with Gasteiger partial charge in [-0.2, -0.15) is 5.10 Å². The van der Waals surface area contributed by atoms with Crippen LogP contribution in [0.25, 0.3) is 0 Å². The Labute approximate surface area is 157 Å². The largest absolute Gasteiger partial charge is 0.337 e. The summed E-state index contributed by atoms with van der Waals surface area (Å²) in [6.45, 7) is 3.92. The van der Waals surface area contributed by atoms with Gasteiger partial charge < -0.3 is 9.47 Å². The highest BCUT2D eigenvalue weighted by molar-refractivity contribution is 5.92. The summed E-state index contributed by atoms with van der Waals surface area (Å²) in [5.74, 6) is 2.19. The smallest absolute Gasteiger partial charge is 0.272 e. The molecule has 8 heteroatoms. The summed E-state index contributed by atoms with van der Waals surface area (Å²) in [5, 5.41) is 13.0. The maximum atomic E-state index is 12.7. The summed E-state index contributed by atoms with van der Waals surface area (Å²) < 4.78 is 3.90. The molecule has 0 unspecified atom stereocenters. The lowest BCUT2D eigenvalue weighted by Crippen LogP contribution is -2.38. The molecular weight excluding hydrogens is 342 g/mol.